The second-order valence-corrected chi connectivity index (χ2v) is 7.39. The number of ether oxygens (including phenoxy) is 1. The van der Waals surface area contributed by atoms with E-state index in [4.69, 9.17) is 4.74 Å². The minimum atomic E-state index is 0.189. The molecule has 1 aliphatic carbocycles. The third-order valence-corrected chi connectivity index (χ3v) is 5.48. The van der Waals surface area contributed by atoms with Gasteiger partial charge in [-0.2, -0.15) is 0 Å². The molecule has 2 aliphatic rings. The zero-order valence-electron chi connectivity index (χ0n) is 15.0. The smallest absolute Gasteiger partial charge is 0.223 e. The van der Waals surface area contributed by atoms with E-state index in [9.17, 15) is 4.79 Å². The van der Waals surface area contributed by atoms with Crippen LogP contribution in [0.1, 0.15) is 36.3 Å². The lowest BCUT2D eigenvalue weighted by atomic mass is 9.96. The summed E-state index contributed by atoms with van der Waals surface area (Å²) in [6.45, 7) is 7.03. The SMILES string of the molecule is COCCN1CCC(CNC(=O)[C@H]2C[C@H]2c2cccc(C)c2)CC1. The number of carbonyl (C=O) groups excluding carboxylic acids is 1. The van der Waals surface area contributed by atoms with Crippen molar-refractivity contribution in [1.29, 1.82) is 0 Å². The number of piperidine rings is 1. The van der Waals surface area contributed by atoms with Crippen molar-refractivity contribution in [3.63, 3.8) is 0 Å². The lowest BCUT2D eigenvalue weighted by Crippen LogP contribution is -2.40. The molecule has 4 nitrogen and oxygen atoms in total. The average molecular weight is 330 g/mol. The Kier molecular flexibility index (Phi) is 5.90. The van der Waals surface area contributed by atoms with Crippen molar-refractivity contribution < 1.29 is 9.53 Å². The number of hydrogen-bond acceptors (Lipinski definition) is 3. The van der Waals surface area contributed by atoms with Crippen LogP contribution < -0.4 is 5.32 Å². The molecule has 1 heterocycles. The lowest BCUT2D eigenvalue weighted by molar-refractivity contribution is -0.122. The van der Waals surface area contributed by atoms with Gasteiger partial charge in [0.1, 0.15) is 0 Å². The number of likely N-dealkylation sites (tertiary alicyclic amines) is 1. The van der Waals surface area contributed by atoms with Gasteiger partial charge in [-0.05, 0) is 56.7 Å². The zero-order chi connectivity index (χ0) is 16.9. The van der Waals surface area contributed by atoms with Crippen LogP contribution in [-0.4, -0.2) is 50.7 Å². The second-order valence-electron chi connectivity index (χ2n) is 7.39. The second kappa shape index (κ2) is 8.13. The molecular formula is C20H30N2O2. The highest BCUT2D eigenvalue weighted by Gasteiger charge is 2.43. The van der Waals surface area contributed by atoms with Crippen molar-refractivity contribution in [1.82, 2.24) is 10.2 Å². The van der Waals surface area contributed by atoms with Crippen molar-refractivity contribution in [2.75, 3.05) is 39.9 Å². The van der Waals surface area contributed by atoms with Crippen molar-refractivity contribution >= 4 is 5.91 Å². The number of nitrogens with zero attached hydrogens (tertiary/aromatic N) is 1. The molecule has 2 atom stereocenters. The average Bonchev–Trinajstić information content (AvgIpc) is 3.39. The summed E-state index contributed by atoms with van der Waals surface area (Å²) in [6.07, 6.45) is 3.36. The first-order chi connectivity index (χ1) is 11.7. The molecule has 1 aromatic rings. The molecule has 2 fully saturated rings. The highest BCUT2D eigenvalue weighted by atomic mass is 16.5. The molecule has 1 aromatic carbocycles. The van der Waals surface area contributed by atoms with Gasteiger partial charge in [0.15, 0.2) is 0 Å². The molecule has 1 amide bonds. The Morgan fingerprint density at radius 1 is 1.33 bits per heavy atom. The van der Waals surface area contributed by atoms with Crippen molar-refractivity contribution in [3.8, 4) is 0 Å². The van der Waals surface area contributed by atoms with Crippen LogP contribution in [0, 0.1) is 18.8 Å². The van der Waals surface area contributed by atoms with E-state index in [1.165, 1.54) is 24.0 Å². The number of nitrogens with one attached hydrogen (secondary N) is 1. The molecule has 1 N–H and O–H groups in total. The normalized spacial score (nSPS) is 24.8. The highest BCUT2D eigenvalue weighted by molar-refractivity contribution is 5.82. The molecular weight excluding hydrogens is 300 g/mol. The first-order valence-electron chi connectivity index (χ1n) is 9.23. The molecule has 3 rings (SSSR count). The van der Waals surface area contributed by atoms with Crippen LogP contribution in [0.2, 0.25) is 0 Å². The van der Waals surface area contributed by atoms with Gasteiger partial charge in [-0.1, -0.05) is 29.8 Å². The van der Waals surface area contributed by atoms with Crippen molar-refractivity contribution in [2.45, 2.75) is 32.1 Å². The summed E-state index contributed by atoms with van der Waals surface area (Å²) in [6, 6.07) is 8.57. The minimum absolute atomic E-state index is 0.189. The highest BCUT2D eigenvalue weighted by Crippen LogP contribution is 2.47. The lowest BCUT2D eigenvalue weighted by Gasteiger charge is -2.31. The molecule has 4 heteroatoms. The molecule has 1 aliphatic heterocycles. The Labute approximate surface area is 145 Å². The predicted octanol–water partition coefficient (Wildman–Crippen LogP) is 2.57. The third kappa shape index (κ3) is 4.58. The van der Waals surface area contributed by atoms with Gasteiger partial charge in [0.05, 0.1) is 6.61 Å². The molecule has 0 unspecified atom stereocenters. The van der Waals surface area contributed by atoms with Crippen LogP contribution >= 0.6 is 0 Å². The standard InChI is InChI=1S/C20H30N2O2/c1-15-4-3-5-17(12-15)18-13-19(18)20(23)21-14-16-6-8-22(9-7-16)10-11-24-2/h3-5,12,16,18-19H,6-11,13-14H2,1-2H3,(H,21,23)/t18-,19-/m0/s1. The van der Waals surface area contributed by atoms with Gasteiger partial charge in [0.25, 0.3) is 0 Å². The number of carbonyl (C=O) groups is 1. The van der Waals surface area contributed by atoms with E-state index in [0.29, 0.717) is 11.8 Å². The molecule has 1 saturated carbocycles. The van der Waals surface area contributed by atoms with Gasteiger partial charge in [0.2, 0.25) is 5.91 Å². The molecule has 0 radical (unpaired) electrons. The van der Waals surface area contributed by atoms with E-state index in [2.05, 4.69) is 41.4 Å². The molecule has 0 bridgehead atoms. The van der Waals surface area contributed by atoms with Crippen LogP contribution in [0.3, 0.4) is 0 Å². The molecule has 1 saturated heterocycles. The monoisotopic (exact) mass is 330 g/mol. The number of amides is 1. The first-order valence-corrected chi connectivity index (χ1v) is 9.23. The van der Waals surface area contributed by atoms with Crippen LogP contribution in [0.25, 0.3) is 0 Å². The fourth-order valence-electron chi connectivity index (χ4n) is 3.76. The number of aryl methyl sites for hydroxylation is 1. The first kappa shape index (κ1) is 17.4. The van der Waals surface area contributed by atoms with Crippen LogP contribution in [0.4, 0.5) is 0 Å². The summed E-state index contributed by atoms with van der Waals surface area (Å²) in [5.74, 6) is 1.50. The fraction of sp³-hybridized carbons (Fsp3) is 0.650. The van der Waals surface area contributed by atoms with Crippen molar-refractivity contribution in [3.05, 3.63) is 35.4 Å². The van der Waals surface area contributed by atoms with Gasteiger partial charge in [-0.3, -0.25) is 4.79 Å². The van der Waals surface area contributed by atoms with E-state index in [-0.39, 0.29) is 11.8 Å². The summed E-state index contributed by atoms with van der Waals surface area (Å²) in [7, 11) is 1.75. The fourth-order valence-corrected chi connectivity index (χ4v) is 3.76. The largest absolute Gasteiger partial charge is 0.383 e. The molecule has 0 aromatic heterocycles. The third-order valence-electron chi connectivity index (χ3n) is 5.48. The zero-order valence-corrected chi connectivity index (χ0v) is 15.0. The maximum Gasteiger partial charge on any atom is 0.223 e. The Bertz CT molecular complexity index is 552. The number of hydrogen-bond donors (Lipinski definition) is 1. The molecule has 0 spiro atoms. The summed E-state index contributed by atoms with van der Waals surface area (Å²) in [5.41, 5.74) is 2.60. The number of benzene rings is 1. The van der Waals surface area contributed by atoms with E-state index >= 15 is 0 Å². The van der Waals surface area contributed by atoms with Gasteiger partial charge in [-0.25, -0.2) is 0 Å². The predicted molar refractivity (Wildman–Crippen MR) is 96.1 cm³/mol. The Morgan fingerprint density at radius 3 is 2.83 bits per heavy atom. The van der Waals surface area contributed by atoms with Crippen LogP contribution in [0.15, 0.2) is 24.3 Å². The van der Waals surface area contributed by atoms with Crippen molar-refractivity contribution in [2.24, 2.45) is 11.8 Å². The molecule has 132 valence electrons. The minimum Gasteiger partial charge on any atom is -0.383 e. The summed E-state index contributed by atoms with van der Waals surface area (Å²) in [5, 5.41) is 3.20. The van der Waals surface area contributed by atoms with Crippen LogP contribution in [0.5, 0.6) is 0 Å². The van der Waals surface area contributed by atoms with Gasteiger partial charge in [0, 0.05) is 26.1 Å². The Hall–Kier alpha value is -1.39. The topological polar surface area (TPSA) is 41.6 Å². The quantitative estimate of drug-likeness (QED) is 0.835. The molecule has 24 heavy (non-hydrogen) atoms. The maximum atomic E-state index is 12.4. The van der Waals surface area contributed by atoms with Gasteiger partial charge >= 0.3 is 0 Å². The number of rotatable bonds is 7. The summed E-state index contributed by atoms with van der Waals surface area (Å²) < 4.78 is 5.14. The van der Waals surface area contributed by atoms with Gasteiger partial charge < -0.3 is 15.0 Å². The Morgan fingerprint density at radius 2 is 2.12 bits per heavy atom. The van der Waals surface area contributed by atoms with Gasteiger partial charge in [-0.15, -0.1) is 0 Å². The summed E-state index contributed by atoms with van der Waals surface area (Å²) in [4.78, 5) is 14.8. The summed E-state index contributed by atoms with van der Waals surface area (Å²) >= 11 is 0. The van der Waals surface area contributed by atoms with E-state index in [1.807, 2.05) is 0 Å². The van der Waals surface area contributed by atoms with Crippen LogP contribution in [-0.2, 0) is 9.53 Å². The van der Waals surface area contributed by atoms with E-state index in [0.717, 1.165) is 39.2 Å². The van der Waals surface area contributed by atoms with E-state index < -0.39 is 0 Å². The van der Waals surface area contributed by atoms with E-state index in [1.54, 1.807) is 7.11 Å². The number of methoxy groups -OCH3 is 1. The Balaban J connectivity index is 1.37. The maximum absolute atomic E-state index is 12.4.